The third kappa shape index (κ3) is 3.32. The molecule has 0 spiro atoms. The molecule has 0 radical (unpaired) electrons. The zero-order chi connectivity index (χ0) is 13.0. The maximum absolute atomic E-state index is 9.46. The highest BCUT2D eigenvalue weighted by Crippen LogP contribution is 2.28. The van der Waals surface area contributed by atoms with Gasteiger partial charge in [-0.25, -0.2) is 0 Å². The smallest absolute Gasteiger partial charge is 0.174 e. The third-order valence-corrected chi connectivity index (χ3v) is 3.87. The van der Waals surface area contributed by atoms with E-state index in [2.05, 4.69) is 22.6 Å². The van der Waals surface area contributed by atoms with Gasteiger partial charge in [0.05, 0.1) is 6.61 Å². The summed E-state index contributed by atoms with van der Waals surface area (Å²) in [5.74, 6) is 0. The first-order chi connectivity index (χ1) is 8.64. The van der Waals surface area contributed by atoms with E-state index in [1.807, 2.05) is 43.3 Å². The summed E-state index contributed by atoms with van der Waals surface area (Å²) in [6, 6.07) is 10.0. The van der Waals surface area contributed by atoms with Crippen molar-refractivity contribution in [3.63, 3.8) is 0 Å². The molecule has 0 saturated heterocycles. The van der Waals surface area contributed by atoms with Crippen LogP contribution in [0, 0.1) is 0 Å². The van der Waals surface area contributed by atoms with Crippen LogP contribution < -0.4 is 0 Å². The fourth-order valence-electron chi connectivity index (χ4n) is 1.87. The van der Waals surface area contributed by atoms with E-state index < -0.39 is 11.9 Å². The molecular weight excluding hydrogens is 343 g/mol. The van der Waals surface area contributed by atoms with Crippen molar-refractivity contribution in [2.75, 3.05) is 4.43 Å². The van der Waals surface area contributed by atoms with Gasteiger partial charge in [-0.2, -0.15) is 0 Å². The molecule has 1 aromatic carbocycles. The highest BCUT2D eigenvalue weighted by Gasteiger charge is 2.37. The largest absolute Gasteiger partial charge is 0.365 e. The zero-order valence-corrected chi connectivity index (χ0v) is 12.4. The molecule has 0 fully saturated rings. The fourth-order valence-corrected chi connectivity index (χ4v) is 2.96. The predicted molar refractivity (Wildman–Crippen MR) is 78.5 cm³/mol. The highest BCUT2D eigenvalue weighted by molar-refractivity contribution is 14.1. The summed E-state index contributed by atoms with van der Waals surface area (Å²) in [7, 11) is 0. The average molecular weight is 360 g/mol. The lowest BCUT2D eigenvalue weighted by Crippen LogP contribution is -2.47. The van der Waals surface area contributed by atoms with Crippen molar-refractivity contribution in [1.29, 1.82) is 0 Å². The minimum absolute atomic E-state index is 0.137. The lowest BCUT2D eigenvalue weighted by atomic mass is 9.97. The molecule has 1 aliphatic rings. The molecule has 0 unspecified atom stereocenters. The molecule has 1 aromatic rings. The molecule has 4 heteroatoms. The molecule has 1 N–H and O–H groups in total. The molecule has 0 amide bonds. The van der Waals surface area contributed by atoms with Crippen LogP contribution in [0.2, 0.25) is 0 Å². The maximum atomic E-state index is 9.46. The molecule has 2 rings (SSSR count). The highest BCUT2D eigenvalue weighted by atomic mass is 127. The molecular formula is C14H17IO3. The number of aliphatic hydroxyl groups is 1. The van der Waals surface area contributed by atoms with Gasteiger partial charge in [0.15, 0.2) is 6.29 Å². The minimum atomic E-state index is -0.821. The summed E-state index contributed by atoms with van der Waals surface area (Å²) in [5, 5.41) is 9.46. The zero-order valence-electron chi connectivity index (χ0n) is 10.3. The van der Waals surface area contributed by atoms with E-state index in [-0.39, 0.29) is 6.10 Å². The number of aliphatic hydroxyl groups excluding tert-OH is 1. The Morgan fingerprint density at radius 1 is 1.39 bits per heavy atom. The Morgan fingerprint density at radius 2 is 2.11 bits per heavy atom. The predicted octanol–water partition coefficient (Wildman–Crippen LogP) is 2.67. The normalized spacial score (nSPS) is 31.5. The number of hydrogen-bond donors (Lipinski definition) is 1. The third-order valence-electron chi connectivity index (χ3n) is 3.07. The van der Waals surface area contributed by atoms with E-state index in [0.29, 0.717) is 6.61 Å². The Kier molecular flexibility index (Phi) is 4.77. The number of benzene rings is 1. The lowest BCUT2D eigenvalue weighted by Gasteiger charge is -2.38. The second kappa shape index (κ2) is 6.14. The molecule has 1 heterocycles. The van der Waals surface area contributed by atoms with E-state index in [4.69, 9.17) is 9.47 Å². The van der Waals surface area contributed by atoms with Crippen molar-refractivity contribution < 1.29 is 14.6 Å². The van der Waals surface area contributed by atoms with Gasteiger partial charge in [0.1, 0.15) is 11.7 Å². The first kappa shape index (κ1) is 14.0. The van der Waals surface area contributed by atoms with E-state index in [1.54, 1.807) is 6.08 Å². The van der Waals surface area contributed by atoms with Crippen LogP contribution in [0.5, 0.6) is 0 Å². The Bertz CT molecular complexity index is 407. The number of alkyl halides is 1. The van der Waals surface area contributed by atoms with Gasteiger partial charge in [0.2, 0.25) is 0 Å². The van der Waals surface area contributed by atoms with Crippen LogP contribution in [0.4, 0.5) is 0 Å². The van der Waals surface area contributed by atoms with E-state index >= 15 is 0 Å². The van der Waals surface area contributed by atoms with E-state index in [1.165, 1.54) is 0 Å². The van der Waals surface area contributed by atoms with Crippen molar-refractivity contribution >= 4 is 22.6 Å². The average Bonchev–Trinajstić information content (AvgIpc) is 2.41. The first-order valence-electron chi connectivity index (χ1n) is 5.91. The number of hydrogen-bond acceptors (Lipinski definition) is 3. The fraction of sp³-hybridized carbons (Fsp3) is 0.429. The van der Waals surface area contributed by atoms with Gasteiger partial charge >= 0.3 is 0 Å². The monoisotopic (exact) mass is 360 g/mol. The van der Waals surface area contributed by atoms with Gasteiger partial charge in [0.25, 0.3) is 0 Å². The number of halogens is 1. The van der Waals surface area contributed by atoms with Gasteiger partial charge in [-0.1, -0.05) is 52.9 Å². The van der Waals surface area contributed by atoms with Gasteiger partial charge < -0.3 is 14.6 Å². The summed E-state index contributed by atoms with van der Waals surface area (Å²) in [6.07, 6.45) is 2.57. The van der Waals surface area contributed by atoms with Crippen LogP contribution in [-0.4, -0.2) is 27.5 Å². The maximum Gasteiger partial charge on any atom is 0.174 e. The lowest BCUT2D eigenvalue weighted by molar-refractivity contribution is -0.180. The van der Waals surface area contributed by atoms with Gasteiger partial charge in [-0.05, 0) is 24.6 Å². The molecule has 18 heavy (non-hydrogen) atoms. The molecule has 0 bridgehead atoms. The van der Waals surface area contributed by atoms with Crippen molar-refractivity contribution in [2.45, 2.75) is 31.5 Å². The topological polar surface area (TPSA) is 38.7 Å². The molecule has 0 saturated carbocycles. The van der Waals surface area contributed by atoms with Crippen LogP contribution >= 0.6 is 22.6 Å². The summed E-state index contributed by atoms with van der Waals surface area (Å²) in [6.45, 7) is 2.52. The molecule has 0 aromatic heterocycles. The molecule has 0 aliphatic carbocycles. The Balaban J connectivity index is 2.04. The van der Waals surface area contributed by atoms with Gasteiger partial charge in [0, 0.05) is 4.43 Å². The van der Waals surface area contributed by atoms with Crippen LogP contribution in [0.1, 0.15) is 12.5 Å². The van der Waals surface area contributed by atoms with Crippen molar-refractivity contribution in [1.82, 2.24) is 0 Å². The number of rotatable bonds is 4. The molecule has 98 valence electrons. The van der Waals surface area contributed by atoms with Crippen LogP contribution in [0.15, 0.2) is 42.5 Å². The summed E-state index contributed by atoms with van der Waals surface area (Å²) in [4.78, 5) is 0. The van der Waals surface area contributed by atoms with Crippen LogP contribution in [-0.2, 0) is 16.1 Å². The van der Waals surface area contributed by atoms with Gasteiger partial charge in [-0.15, -0.1) is 0 Å². The summed E-state index contributed by atoms with van der Waals surface area (Å²) in [5.41, 5.74) is 0.640. The van der Waals surface area contributed by atoms with E-state index in [9.17, 15) is 5.11 Å². The van der Waals surface area contributed by atoms with Crippen molar-refractivity contribution in [3.05, 3.63) is 48.0 Å². The standard InChI is InChI=1S/C14H17IO3/c1-14(8-7-13(16)18-12(14)9-15)17-10-11-5-3-2-4-6-11/h2-8,12-13,16H,9-10H2,1H3/t12-,13+,14+/m1/s1. The van der Waals surface area contributed by atoms with Gasteiger partial charge in [-0.3, -0.25) is 0 Å². The first-order valence-corrected chi connectivity index (χ1v) is 7.43. The Labute approximate surface area is 121 Å². The Morgan fingerprint density at radius 3 is 2.78 bits per heavy atom. The molecule has 3 nitrogen and oxygen atoms in total. The van der Waals surface area contributed by atoms with Crippen LogP contribution in [0.3, 0.4) is 0 Å². The second-order valence-electron chi connectivity index (χ2n) is 4.49. The summed E-state index contributed by atoms with van der Waals surface area (Å²) < 4.78 is 12.2. The SMILES string of the molecule is C[C@]1(OCc2ccccc2)C=C[C@@H](O)O[C@@H]1CI. The Hall–Kier alpha value is -0.430. The van der Waals surface area contributed by atoms with E-state index in [0.717, 1.165) is 9.99 Å². The summed E-state index contributed by atoms with van der Waals surface area (Å²) >= 11 is 2.25. The number of ether oxygens (including phenoxy) is 2. The quantitative estimate of drug-likeness (QED) is 0.510. The van der Waals surface area contributed by atoms with Crippen molar-refractivity contribution in [2.24, 2.45) is 0 Å². The molecule has 3 atom stereocenters. The minimum Gasteiger partial charge on any atom is -0.365 e. The molecule has 1 aliphatic heterocycles. The second-order valence-corrected chi connectivity index (χ2v) is 5.37. The van der Waals surface area contributed by atoms with Crippen LogP contribution in [0.25, 0.3) is 0 Å². The van der Waals surface area contributed by atoms with Crippen molar-refractivity contribution in [3.8, 4) is 0 Å².